The van der Waals surface area contributed by atoms with Crippen molar-refractivity contribution in [3.8, 4) is 0 Å². The summed E-state index contributed by atoms with van der Waals surface area (Å²) in [6, 6.07) is 2.62. The quantitative estimate of drug-likeness (QED) is 0.826. The van der Waals surface area contributed by atoms with Gasteiger partial charge in [0.05, 0.1) is 4.34 Å². The van der Waals surface area contributed by atoms with Gasteiger partial charge in [0.2, 0.25) is 0 Å². The predicted octanol–water partition coefficient (Wildman–Crippen LogP) is 3.33. The minimum atomic E-state index is 0.500. The first-order valence-corrected chi connectivity index (χ1v) is 7.52. The number of hydrogen-bond donors (Lipinski definition) is 2. The number of aryl methyl sites for hydroxylation is 2. The van der Waals surface area contributed by atoms with Crippen molar-refractivity contribution >= 4 is 22.9 Å². The van der Waals surface area contributed by atoms with E-state index in [2.05, 4.69) is 21.4 Å². The molecule has 3 nitrogen and oxygen atoms in total. The molecular formula is C13H16ClN3S. The molecule has 1 aliphatic carbocycles. The molecule has 2 aromatic heterocycles. The van der Waals surface area contributed by atoms with E-state index < -0.39 is 0 Å². The minimum absolute atomic E-state index is 0.500. The highest BCUT2D eigenvalue weighted by atomic mass is 35.5. The first-order valence-electron chi connectivity index (χ1n) is 6.32. The molecule has 3 rings (SSSR count). The highest BCUT2D eigenvalue weighted by Gasteiger charge is 2.24. The molecule has 0 radical (unpaired) electrons. The van der Waals surface area contributed by atoms with Crippen LogP contribution in [0.4, 0.5) is 0 Å². The van der Waals surface area contributed by atoms with E-state index in [0.29, 0.717) is 6.04 Å². The molecule has 2 aromatic rings. The van der Waals surface area contributed by atoms with Crippen molar-refractivity contribution in [2.75, 3.05) is 6.54 Å². The lowest BCUT2D eigenvalue weighted by atomic mass is 10.1. The van der Waals surface area contributed by atoms with Crippen LogP contribution in [-0.4, -0.2) is 16.5 Å². The van der Waals surface area contributed by atoms with E-state index in [-0.39, 0.29) is 0 Å². The molecule has 1 aliphatic rings. The van der Waals surface area contributed by atoms with Crippen LogP contribution in [0.2, 0.25) is 4.34 Å². The molecule has 18 heavy (non-hydrogen) atoms. The van der Waals surface area contributed by atoms with E-state index in [1.165, 1.54) is 23.3 Å². The second kappa shape index (κ2) is 5.43. The molecule has 0 spiro atoms. The Bertz CT molecular complexity index is 506. The molecular weight excluding hydrogens is 266 g/mol. The lowest BCUT2D eigenvalue weighted by Crippen LogP contribution is -2.20. The maximum absolute atomic E-state index is 6.05. The second-order valence-electron chi connectivity index (χ2n) is 4.61. The molecule has 5 heteroatoms. The topological polar surface area (TPSA) is 40.7 Å². The maximum atomic E-state index is 6.05. The largest absolute Gasteiger partial charge is 0.349 e. The number of nitrogens with one attached hydrogen (secondary N) is 2. The zero-order valence-electron chi connectivity index (χ0n) is 10.1. The highest BCUT2D eigenvalue weighted by molar-refractivity contribution is 7.16. The summed E-state index contributed by atoms with van der Waals surface area (Å²) in [6.45, 7) is 1.03. The first-order chi connectivity index (χ1) is 8.83. The molecule has 2 N–H and O–H groups in total. The summed E-state index contributed by atoms with van der Waals surface area (Å²) >= 11 is 7.78. The Balaban J connectivity index is 1.47. The van der Waals surface area contributed by atoms with Gasteiger partial charge in [-0.2, -0.15) is 0 Å². The average molecular weight is 282 g/mol. The van der Waals surface area contributed by atoms with Gasteiger partial charge >= 0.3 is 0 Å². The average Bonchev–Trinajstić information content (AvgIpc) is 3.02. The Morgan fingerprint density at radius 2 is 2.50 bits per heavy atom. The fourth-order valence-electron chi connectivity index (χ4n) is 2.51. The minimum Gasteiger partial charge on any atom is -0.349 e. The maximum Gasteiger partial charge on any atom is 0.106 e. The standard InChI is InChI=1S/C13H16ClN3S/c14-12-8-9-10(3-4-11(9)18-12)15-5-1-2-13-16-6-7-17-13/h6-8,10,15H,1-5H2,(H,16,17). The number of halogens is 1. The lowest BCUT2D eigenvalue weighted by Gasteiger charge is -2.12. The van der Waals surface area contributed by atoms with Crippen molar-refractivity contribution in [3.05, 3.63) is 39.1 Å². The summed E-state index contributed by atoms with van der Waals surface area (Å²) < 4.78 is 0.919. The number of nitrogens with zero attached hydrogens (tertiary/aromatic N) is 1. The Labute approximate surface area is 116 Å². The number of aromatic amines is 1. The zero-order valence-corrected chi connectivity index (χ0v) is 11.7. The fourth-order valence-corrected chi connectivity index (χ4v) is 3.87. The van der Waals surface area contributed by atoms with E-state index in [0.717, 1.165) is 29.5 Å². The van der Waals surface area contributed by atoms with Crippen LogP contribution in [0.25, 0.3) is 0 Å². The predicted molar refractivity (Wildman–Crippen MR) is 75.3 cm³/mol. The van der Waals surface area contributed by atoms with Crippen LogP contribution in [0.1, 0.15) is 35.1 Å². The SMILES string of the molecule is Clc1cc2c(s1)CCC2NCCCc1ncc[nH]1. The summed E-state index contributed by atoms with van der Waals surface area (Å²) in [4.78, 5) is 8.82. The molecule has 0 aliphatic heterocycles. The van der Waals surface area contributed by atoms with Crippen molar-refractivity contribution in [2.24, 2.45) is 0 Å². The first kappa shape index (κ1) is 12.2. The van der Waals surface area contributed by atoms with Gasteiger partial charge in [0, 0.05) is 29.7 Å². The summed E-state index contributed by atoms with van der Waals surface area (Å²) in [6.07, 6.45) is 8.17. The van der Waals surface area contributed by atoms with Crippen molar-refractivity contribution in [2.45, 2.75) is 31.7 Å². The summed E-state index contributed by atoms with van der Waals surface area (Å²) in [5.41, 5.74) is 1.42. The Kier molecular flexibility index (Phi) is 3.68. The van der Waals surface area contributed by atoms with Crippen molar-refractivity contribution in [3.63, 3.8) is 0 Å². The van der Waals surface area contributed by atoms with Gasteiger partial charge in [0.1, 0.15) is 5.82 Å². The van der Waals surface area contributed by atoms with Crippen LogP contribution in [-0.2, 0) is 12.8 Å². The molecule has 96 valence electrons. The molecule has 1 unspecified atom stereocenters. The summed E-state index contributed by atoms with van der Waals surface area (Å²) in [7, 11) is 0. The van der Waals surface area contributed by atoms with Gasteiger partial charge in [-0.05, 0) is 37.4 Å². The molecule has 0 saturated carbocycles. The van der Waals surface area contributed by atoms with E-state index in [4.69, 9.17) is 11.6 Å². The summed E-state index contributed by atoms with van der Waals surface area (Å²) in [5, 5.41) is 3.62. The van der Waals surface area contributed by atoms with E-state index >= 15 is 0 Å². The van der Waals surface area contributed by atoms with E-state index in [1.54, 1.807) is 17.5 Å². The van der Waals surface area contributed by atoms with Gasteiger partial charge in [-0.15, -0.1) is 11.3 Å². The molecule has 1 atom stereocenters. The third kappa shape index (κ3) is 2.60. The van der Waals surface area contributed by atoms with Crippen LogP contribution in [0, 0.1) is 0 Å². The number of thiophene rings is 1. The van der Waals surface area contributed by atoms with Gasteiger partial charge in [-0.1, -0.05) is 11.6 Å². The van der Waals surface area contributed by atoms with Crippen LogP contribution >= 0.6 is 22.9 Å². The second-order valence-corrected chi connectivity index (χ2v) is 6.38. The fraction of sp³-hybridized carbons (Fsp3) is 0.462. The number of imidazole rings is 1. The molecule has 0 saturated heterocycles. The number of H-pyrrole nitrogens is 1. The van der Waals surface area contributed by atoms with Crippen molar-refractivity contribution < 1.29 is 0 Å². The number of rotatable bonds is 5. The van der Waals surface area contributed by atoms with Gasteiger partial charge < -0.3 is 10.3 Å². The van der Waals surface area contributed by atoms with Gasteiger partial charge in [0.15, 0.2) is 0 Å². The lowest BCUT2D eigenvalue weighted by molar-refractivity contribution is 0.518. The third-order valence-electron chi connectivity index (χ3n) is 3.38. The molecule has 0 fully saturated rings. The van der Waals surface area contributed by atoms with Crippen molar-refractivity contribution in [1.29, 1.82) is 0 Å². The Morgan fingerprint density at radius 1 is 1.56 bits per heavy atom. The van der Waals surface area contributed by atoms with E-state index in [9.17, 15) is 0 Å². The summed E-state index contributed by atoms with van der Waals surface area (Å²) in [5.74, 6) is 1.07. The van der Waals surface area contributed by atoms with E-state index in [1.807, 2.05) is 6.20 Å². The monoisotopic (exact) mass is 281 g/mol. The Morgan fingerprint density at radius 3 is 3.33 bits per heavy atom. The number of fused-ring (bicyclic) bond motifs is 1. The van der Waals surface area contributed by atoms with Gasteiger partial charge in [-0.25, -0.2) is 4.98 Å². The Hall–Kier alpha value is -0.840. The smallest absolute Gasteiger partial charge is 0.106 e. The van der Waals surface area contributed by atoms with Crippen molar-refractivity contribution in [1.82, 2.24) is 15.3 Å². The van der Waals surface area contributed by atoms with Crippen LogP contribution < -0.4 is 5.32 Å². The third-order valence-corrected chi connectivity index (χ3v) is 4.72. The van der Waals surface area contributed by atoms with Gasteiger partial charge in [-0.3, -0.25) is 0 Å². The van der Waals surface area contributed by atoms with Crippen LogP contribution in [0.3, 0.4) is 0 Å². The zero-order chi connectivity index (χ0) is 12.4. The normalized spacial score (nSPS) is 18.2. The molecule has 2 heterocycles. The van der Waals surface area contributed by atoms with Crippen LogP contribution in [0.15, 0.2) is 18.5 Å². The van der Waals surface area contributed by atoms with Crippen LogP contribution in [0.5, 0.6) is 0 Å². The number of aromatic nitrogens is 2. The highest BCUT2D eigenvalue weighted by Crippen LogP contribution is 2.39. The number of hydrogen-bond acceptors (Lipinski definition) is 3. The molecule has 0 amide bonds. The molecule has 0 bridgehead atoms. The van der Waals surface area contributed by atoms with Gasteiger partial charge in [0.25, 0.3) is 0 Å². The molecule has 0 aromatic carbocycles.